The minimum atomic E-state index is -0.475. The first-order chi connectivity index (χ1) is 17.7. The zero-order chi connectivity index (χ0) is 24.7. The predicted octanol–water partition coefficient (Wildman–Crippen LogP) is 4.82. The van der Waals surface area contributed by atoms with Gasteiger partial charge in [0.05, 0.1) is 43.6 Å². The zero-order valence-corrected chi connectivity index (χ0v) is 20.8. The number of nitrogens with one attached hydrogen (secondary N) is 1. The van der Waals surface area contributed by atoms with Crippen LogP contribution in [0.1, 0.15) is 19.3 Å². The number of halogens is 2. The number of aromatic nitrogens is 2. The van der Waals surface area contributed by atoms with E-state index in [9.17, 15) is 4.39 Å². The molecule has 0 saturated carbocycles. The lowest BCUT2D eigenvalue weighted by Gasteiger charge is -2.27. The first-order valence-electron chi connectivity index (χ1n) is 12.3. The topological polar surface area (TPSA) is 78.0 Å². The van der Waals surface area contributed by atoms with Crippen LogP contribution >= 0.6 is 11.6 Å². The molecule has 2 aliphatic heterocycles. The number of rotatable bonds is 9. The Morgan fingerprint density at radius 3 is 2.64 bits per heavy atom. The van der Waals surface area contributed by atoms with E-state index in [0.717, 1.165) is 57.5 Å². The molecule has 0 spiro atoms. The molecule has 0 amide bonds. The van der Waals surface area contributed by atoms with Gasteiger partial charge >= 0.3 is 0 Å². The van der Waals surface area contributed by atoms with E-state index in [1.54, 1.807) is 6.07 Å². The average molecular weight is 517 g/mol. The maximum absolute atomic E-state index is 13.6. The molecule has 0 radical (unpaired) electrons. The normalized spacial score (nSPS) is 17.3. The van der Waals surface area contributed by atoms with Crippen LogP contribution in [0.4, 0.5) is 15.9 Å². The second kappa shape index (κ2) is 12.0. The molecule has 2 aromatic carbocycles. The first-order valence-corrected chi connectivity index (χ1v) is 12.7. The monoisotopic (exact) mass is 516 g/mol. The number of fused-ring (bicyclic) bond motifs is 1. The third kappa shape index (κ3) is 6.34. The summed E-state index contributed by atoms with van der Waals surface area (Å²) >= 11 is 5.96. The Labute approximate surface area is 214 Å². The molecule has 2 saturated heterocycles. The highest BCUT2D eigenvalue weighted by Gasteiger charge is 2.20. The molecule has 0 atom stereocenters. The average Bonchev–Trinajstić information content (AvgIpc) is 2.90. The molecule has 2 fully saturated rings. The van der Waals surface area contributed by atoms with Crippen molar-refractivity contribution in [3.63, 3.8) is 0 Å². The molecule has 36 heavy (non-hydrogen) atoms. The van der Waals surface area contributed by atoms with Crippen LogP contribution in [-0.4, -0.2) is 73.6 Å². The van der Waals surface area contributed by atoms with E-state index >= 15 is 0 Å². The molecular weight excluding hydrogens is 487 g/mol. The van der Waals surface area contributed by atoms with Gasteiger partial charge in [0.1, 0.15) is 24.1 Å². The van der Waals surface area contributed by atoms with Gasteiger partial charge in [0.15, 0.2) is 11.5 Å². The smallest absolute Gasteiger partial charge is 0.163 e. The van der Waals surface area contributed by atoms with Gasteiger partial charge < -0.3 is 24.3 Å². The molecule has 3 heterocycles. The Bertz CT molecular complexity index is 1170. The van der Waals surface area contributed by atoms with E-state index in [2.05, 4.69) is 20.2 Å². The fourth-order valence-electron chi connectivity index (χ4n) is 4.35. The molecule has 192 valence electrons. The SMILES string of the molecule is Fc1ccc(Nc2ncnc3cc(OCCCN4CCOCC4)c(OC4CCOCC4)cc23)cc1Cl. The molecule has 2 aliphatic rings. The Morgan fingerprint density at radius 1 is 1.03 bits per heavy atom. The Balaban J connectivity index is 1.37. The lowest BCUT2D eigenvalue weighted by molar-refractivity contribution is 0.0240. The minimum absolute atomic E-state index is 0.0367. The van der Waals surface area contributed by atoms with E-state index < -0.39 is 5.82 Å². The van der Waals surface area contributed by atoms with Gasteiger partial charge in [0, 0.05) is 49.6 Å². The molecule has 1 N–H and O–H groups in total. The third-order valence-corrected chi connectivity index (χ3v) is 6.61. The van der Waals surface area contributed by atoms with Crippen molar-refractivity contribution in [2.75, 3.05) is 58.0 Å². The summed E-state index contributed by atoms with van der Waals surface area (Å²) in [6.07, 6.45) is 4.06. The standard InChI is InChI=1S/C26H30ClFN4O4/c27-21-14-18(2-3-22(21)28)31-26-20-15-25(36-19-4-10-33-11-5-19)24(16-23(20)29-17-30-26)35-9-1-6-32-7-12-34-13-8-32/h2-3,14-17,19H,1,4-13H2,(H,29,30,31). The van der Waals surface area contributed by atoms with Crippen molar-refractivity contribution in [2.45, 2.75) is 25.4 Å². The number of anilines is 2. The molecule has 0 unspecified atom stereocenters. The number of ether oxygens (including phenoxy) is 4. The quantitative estimate of drug-likeness (QED) is 0.405. The highest BCUT2D eigenvalue weighted by atomic mass is 35.5. The van der Waals surface area contributed by atoms with Gasteiger partial charge in [-0.3, -0.25) is 4.90 Å². The summed E-state index contributed by atoms with van der Waals surface area (Å²) in [7, 11) is 0. The van der Waals surface area contributed by atoms with Crippen LogP contribution in [0.5, 0.6) is 11.5 Å². The third-order valence-electron chi connectivity index (χ3n) is 6.33. The summed E-state index contributed by atoms with van der Waals surface area (Å²) < 4.78 is 37.1. The Kier molecular flexibility index (Phi) is 8.32. The maximum atomic E-state index is 13.6. The molecule has 0 bridgehead atoms. The van der Waals surface area contributed by atoms with Crippen LogP contribution in [0, 0.1) is 5.82 Å². The molecule has 0 aliphatic carbocycles. The van der Waals surface area contributed by atoms with Gasteiger partial charge in [-0.1, -0.05) is 11.6 Å². The van der Waals surface area contributed by atoms with Crippen molar-refractivity contribution in [1.29, 1.82) is 0 Å². The van der Waals surface area contributed by atoms with E-state index in [0.29, 0.717) is 48.3 Å². The van der Waals surface area contributed by atoms with Crippen molar-refractivity contribution in [1.82, 2.24) is 14.9 Å². The molecule has 10 heteroatoms. The van der Waals surface area contributed by atoms with E-state index in [1.807, 2.05) is 12.1 Å². The number of benzene rings is 2. The summed E-state index contributed by atoms with van der Waals surface area (Å²) in [6.45, 7) is 6.37. The lowest BCUT2D eigenvalue weighted by atomic mass is 10.1. The summed E-state index contributed by atoms with van der Waals surface area (Å²) in [5.74, 6) is 1.40. The summed E-state index contributed by atoms with van der Waals surface area (Å²) in [5.41, 5.74) is 1.33. The minimum Gasteiger partial charge on any atom is -0.490 e. The zero-order valence-electron chi connectivity index (χ0n) is 20.1. The van der Waals surface area contributed by atoms with Gasteiger partial charge in [-0.25, -0.2) is 14.4 Å². The Hall–Kier alpha value is -2.72. The van der Waals surface area contributed by atoms with Gasteiger partial charge in [-0.15, -0.1) is 0 Å². The van der Waals surface area contributed by atoms with Crippen LogP contribution in [0.25, 0.3) is 10.9 Å². The first kappa shape index (κ1) is 25.0. The predicted molar refractivity (Wildman–Crippen MR) is 136 cm³/mol. The summed E-state index contributed by atoms with van der Waals surface area (Å²) in [6, 6.07) is 8.26. The van der Waals surface area contributed by atoms with Crippen LogP contribution in [0.3, 0.4) is 0 Å². The van der Waals surface area contributed by atoms with Crippen LogP contribution in [0.15, 0.2) is 36.7 Å². The van der Waals surface area contributed by atoms with Crippen LogP contribution in [-0.2, 0) is 9.47 Å². The van der Waals surface area contributed by atoms with E-state index in [1.165, 1.54) is 18.5 Å². The highest BCUT2D eigenvalue weighted by molar-refractivity contribution is 6.31. The van der Waals surface area contributed by atoms with Crippen molar-refractivity contribution in [2.24, 2.45) is 0 Å². The van der Waals surface area contributed by atoms with Gasteiger partial charge in [0.25, 0.3) is 0 Å². The van der Waals surface area contributed by atoms with Crippen molar-refractivity contribution in [3.8, 4) is 11.5 Å². The highest BCUT2D eigenvalue weighted by Crippen LogP contribution is 2.36. The van der Waals surface area contributed by atoms with Gasteiger partial charge in [-0.2, -0.15) is 0 Å². The van der Waals surface area contributed by atoms with Gasteiger partial charge in [-0.05, 0) is 30.7 Å². The van der Waals surface area contributed by atoms with Crippen molar-refractivity contribution >= 4 is 34.0 Å². The molecule has 8 nitrogen and oxygen atoms in total. The fraction of sp³-hybridized carbons (Fsp3) is 0.462. The Morgan fingerprint density at radius 2 is 1.83 bits per heavy atom. The molecule has 5 rings (SSSR count). The molecular formula is C26H30ClFN4O4. The van der Waals surface area contributed by atoms with Crippen LogP contribution in [0.2, 0.25) is 5.02 Å². The fourth-order valence-corrected chi connectivity index (χ4v) is 4.53. The number of morpholine rings is 1. The largest absolute Gasteiger partial charge is 0.490 e. The van der Waals surface area contributed by atoms with E-state index in [4.69, 9.17) is 30.5 Å². The van der Waals surface area contributed by atoms with Crippen LogP contribution < -0.4 is 14.8 Å². The van der Waals surface area contributed by atoms with E-state index in [-0.39, 0.29) is 11.1 Å². The summed E-state index contributed by atoms with van der Waals surface area (Å²) in [4.78, 5) is 11.2. The number of hydrogen-bond acceptors (Lipinski definition) is 8. The second-order valence-corrected chi connectivity index (χ2v) is 9.29. The molecule has 3 aromatic rings. The lowest BCUT2D eigenvalue weighted by Crippen LogP contribution is -2.37. The van der Waals surface area contributed by atoms with Gasteiger partial charge in [0.2, 0.25) is 0 Å². The molecule has 1 aromatic heterocycles. The number of hydrogen-bond donors (Lipinski definition) is 1. The maximum Gasteiger partial charge on any atom is 0.163 e. The van der Waals surface area contributed by atoms with Crippen molar-refractivity contribution in [3.05, 3.63) is 47.5 Å². The second-order valence-electron chi connectivity index (χ2n) is 8.88. The van der Waals surface area contributed by atoms with Crippen molar-refractivity contribution < 1.29 is 23.3 Å². The number of nitrogens with zero attached hydrogens (tertiary/aromatic N) is 3. The summed E-state index contributed by atoms with van der Waals surface area (Å²) in [5, 5.41) is 4.02.